The van der Waals surface area contributed by atoms with Gasteiger partial charge in [0, 0.05) is 23.2 Å². The Morgan fingerprint density at radius 1 is 1.14 bits per heavy atom. The first-order valence-corrected chi connectivity index (χ1v) is 7.32. The van der Waals surface area contributed by atoms with Gasteiger partial charge in [0.1, 0.15) is 0 Å². The van der Waals surface area contributed by atoms with Crippen molar-refractivity contribution in [3.05, 3.63) is 53.3 Å². The van der Waals surface area contributed by atoms with Gasteiger partial charge in [-0.2, -0.15) is 5.10 Å². The lowest BCUT2D eigenvalue weighted by atomic mass is 10.1. The number of nitrogens with zero attached hydrogens (tertiary/aromatic N) is 3. The summed E-state index contributed by atoms with van der Waals surface area (Å²) in [6.07, 6.45) is 0. The molecule has 0 aliphatic rings. The Labute approximate surface area is 124 Å². The summed E-state index contributed by atoms with van der Waals surface area (Å²) in [5.74, 6) is 0.917. The highest BCUT2D eigenvalue weighted by molar-refractivity contribution is 5.80. The molecular weight excluding hydrogens is 260 g/mol. The molecule has 21 heavy (non-hydrogen) atoms. The Kier molecular flexibility index (Phi) is 3.71. The minimum Gasteiger partial charge on any atom is -0.313 e. The van der Waals surface area contributed by atoms with Gasteiger partial charge in [-0.1, -0.05) is 25.1 Å². The number of nitrogens with one attached hydrogen (secondary N) is 1. The maximum atomic E-state index is 4.83. The SMILES string of the molecule is CCNCc1cc2ccccc2nc1-n1nc(C)cc1C. The molecule has 1 N–H and O–H groups in total. The lowest BCUT2D eigenvalue weighted by Gasteiger charge is -2.12. The van der Waals surface area contributed by atoms with Gasteiger partial charge in [-0.3, -0.25) is 0 Å². The van der Waals surface area contributed by atoms with Crippen molar-refractivity contribution in [1.82, 2.24) is 20.1 Å². The van der Waals surface area contributed by atoms with Crippen LogP contribution in [0.5, 0.6) is 0 Å². The maximum Gasteiger partial charge on any atom is 0.158 e. The number of fused-ring (bicyclic) bond motifs is 1. The van der Waals surface area contributed by atoms with Crippen molar-refractivity contribution < 1.29 is 0 Å². The maximum absolute atomic E-state index is 4.83. The van der Waals surface area contributed by atoms with Crippen molar-refractivity contribution in [3.8, 4) is 5.82 Å². The van der Waals surface area contributed by atoms with E-state index in [1.54, 1.807) is 0 Å². The molecule has 2 heterocycles. The lowest BCUT2D eigenvalue weighted by Crippen LogP contribution is -2.16. The normalized spacial score (nSPS) is 11.2. The van der Waals surface area contributed by atoms with Crippen LogP contribution in [-0.4, -0.2) is 21.3 Å². The summed E-state index contributed by atoms with van der Waals surface area (Å²) in [7, 11) is 0. The van der Waals surface area contributed by atoms with Crippen LogP contribution in [0.2, 0.25) is 0 Å². The van der Waals surface area contributed by atoms with E-state index in [2.05, 4.69) is 42.5 Å². The predicted octanol–water partition coefficient (Wildman–Crippen LogP) is 3.15. The van der Waals surface area contributed by atoms with Crippen LogP contribution in [-0.2, 0) is 6.54 Å². The van der Waals surface area contributed by atoms with Gasteiger partial charge in [0.15, 0.2) is 5.82 Å². The molecule has 0 bridgehead atoms. The lowest BCUT2D eigenvalue weighted by molar-refractivity contribution is 0.707. The zero-order valence-corrected chi connectivity index (χ0v) is 12.7. The quantitative estimate of drug-likeness (QED) is 0.798. The fourth-order valence-corrected chi connectivity index (χ4v) is 2.57. The number of aromatic nitrogens is 3. The molecule has 0 unspecified atom stereocenters. The third kappa shape index (κ3) is 2.67. The Morgan fingerprint density at radius 3 is 2.67 bits per heavy atom. The molecule has 0 atom stereocenters. The fourth-order valence-electron chi connectivity index (χ4n) is 2.57. The Balaban J connectivity index is 2.20. The largest absolute Gasteiger partial charge is 0.313 e. The molecule has 108 valence electrons. The average Bonchev–Trinajstić information content (AvgIpc) is 2.82. The van der Waals surface area contributed by atoms with Gasteiger partial charge in [0.05, 0.1) is 11.2 Å². The smallest absolute Gasteiger partial charge is 0.158 e. The first-order valence-electron chi connectivity index (χ1n) is 7.32. The molecule has 0 aliphatic heterocycles. The fraction of sp³-hybridized carbons (Fsp3) is 0.294. The van der Waals surface area contributed by atoms with Crippen molar-refractivity contribution in [2.45, 2.75) is 27.3 Å². The predicted molar refractivity (Wildman–Crippen MR) is 85.7 cm³/mol. The highest BCUT2D eigenvalue weighted by atomic mass is 15.3. The topological polar surface area (TPSA) is 42.7 Å². The van der Waals surface area contributed by atoms with E-state index in [9.17, 15) is 0 Å². The van der Waals surface area contributed by atoms with Gasteiger partial charge in [0.2, 0.25) is 0 Å². The van der Waals surface area contributed by atoms with E-state index in [1.807, 2.05) is 29.8 Å². The number of benzene rings is 1. The molecule has 0 amide bonds. The van der Waals surface area contributed by atoms with Gasteiger partial charge in [-0.25, -0.2) is 9.67 Å². The number of hydrogen-bond donors (Lipinski definition) is 1. The van der Waals surface area contributed by atoms with Crippen LogP contribution < -0.4 is 5.32 Å². The van der Waals surface area contributed by atoms with Crippen LogP contribution in [0, 0.1) is 13.8 Å². The van der Waals surface area contributed by atoms with Crippen LogP contribution in [0.25, 0.3) is 16.7 Å². The van der Waals surface area contributed by atoms with E-state index in [0.717, 1.165) is 41.2 Å². The van der Waals surface area contributed by atoms with Crippen LogP contribution >= 0.6 is 0 Å². The number of rotatable bonds is 4. The number of pyridine rings is 1. The standard InChI is InChI=1S/C17H20N4/c1-4-18-11-15-10-14-7-5-6-8-16(14)19-17(15)21-13(3)9-12(2)20-21/h5-10,18H,4,11H2,1-3H3. The second-order valence-corrected chi connectivity index (χ2v) is 5.28. The third-order valence-corrected chi connectivity index (χ3v) is 3.56. The molecule has 2 aromatic heterocycles. The summed E-state index contributed by atoms with van der Waals surface area (Å²) in [6, 6.07) is 12.5. The number of aryl methyl sites for hydroxylation is 2. The molecule has 1 aromatic carbocycles. The van der Waals surface area contributed by atoms with Crippen molar-refractivity contribution in [2.24, 2.45) is 0 Å². The van der Waals surface area contributed by atoms with Gasteiger partial charge in [-0.15, -0.1) is 0 Å². The second-order valence-electron chi connectivity index (χ2n) is 5.28. The molecule has 0 aliphatic carbocycles. The van der Waals surface area contributed by atoms with Crippen molar-refractivity contribution in [1.29, 1.82) is 0 Å². The summed E-state index contributed by atoms with van der Waals surface area (Å²) in [5.41, 5.74) is 4.28. The van der Waals surface area contributed by atoms with E-state index in [-0.39, 0.29) is 0 Å². The molecule has 0 saturated carbocycles. The monoisotopic (exact) mass is 280 g/mol. The van der Waals surface area contributed by atoms with Crippen LogP contribution in [0.4, 0.5) is 0 Å². The van der Waals surface area contributed by atoms with Gasteiger partial charge >= 0.3 is 0 Å². The van der Waals surface area contributed by atoms with Crippen molar-refractivity contribution >= 4 is 10.9 Å². The molecule has 3 rings (SSSR count). The summed E-state index contributed by atoms with van der Waals surface area (Å²) < 4.78 is 1.94. The van der Waals surface area contributed by atoms with E-state index >= 15 is 0 Å². The number of para-hydroxylation sites is 1. The molecule has 0 fully saturated rings. The van der Waals surface area contributed by atoms with Gasteiger partial charge < -0.3 is 5.32 Å². The average molecular weight is 280 g/mol. The van der Waals surface area contributed by atoms with E-state index < -0.39 is 0 Å². The van der Waals surface area contributed by atoms with Gasteiger partial charge in [0.25, 0.3) is 0 Å². The molecule has 0 saturated heterocycles. The highest BCUT2D eigenvalue weighted by Crippen LogP contribution is 2.21. The minimum atomic E-state index is 0.794. The Morgan fingerprint density at radius 2 is 1.95 bits per heavy atom. The summed E-state index contributed by atoms with van der Waals surface area (Å²) in [4.78, 5) is 4.83. The molecular formula is C17H20N4. The van der Waals surface area contributed by atoms with Crippen LogP contribution in [0.15, 0.2) is 36.4 Å². The zero-order chi connectivity index (χ0) is 14.8. The summed E-state index contributed by atoms with van der Waals surface area (Å²) >= 11 is 0. The zero-order valence-electron chi connectivity index (χ0n) is 12.7. The second kappa shape index (κ2) is 5.66. The summed E-state index contributed by atoms with van der Waals surface area (Å²) in [5, 5.41) is 9.13. The Hall–Kier alpha value is -2.20. The number of hydrogen-bond acceptors (Lipinski definition) is 3. The van der Waals surface area contributed by atoms with E-state index in [1.165, 1.54) is 5.56 Å². The molecule has 0 radical (unpaired) electrons. The van der Waals surface area contributed by atoms with Crippen molar-refractivity contribution in [3.63, 3.8) is 0 Å². The minimum absolute atomic E-state index is 0.794. The van der Waals surface area contributed by atoms with Crippen LogP contribution in [0.1, 0.15) is 23.9 Å². The molecule has 4 heteroatoms. The summed E-state index contributed by atoms with van der Waals surface area (Å²) in [6.45, 7) is 7.91. The van der Waals surface area contributed by atoms with Crippen LogP contribution in [0.3, 0.4) is 0 Å². The Bertz CT molecular complexity index is 774. The van der Waals surface area contributed by atoms with Gasteiger partial charge in [-0.05, 0) is 38.6 Å². The van der Waals surface area contributed by atoms with E-state index in [4.69, 9.17) is 4.98 Å². The third-order valence-electron chi connectivity index (χ3n) is 3.56. The highest BCUT2D eigenvalue weighted by Gasteiger charge is 2.12. The first-order chi connectivity index (χ1) is 10.2. The van der Waals surface area contributed by atoms with E-state index in [0.29, 0.717) is 0 Å². The first kappa shape index (κ1) is 13.8. The molecule has 0 spiro atoms. The molecule has 3 aromatic rings. The molecule has 4 nitrogen and oxygen atoms in total. The van der Waals surface area contributed by atoms with Crippen molar-refractivity contribution in [2.75, 3.05) is 6.54 Å².